The Kier molecular flexibility index (Phi) is 3.69. The number of rotatable bonds is 4. The quantitative estimate of drug-likeness (QED) is 0.837. The van der Waals surface area contributed by atoms with Crippen LogP contribution in [0.1, 0.15) is 31.9 Å². The Morgan fingerprint density at radius 2 is 2.35 bits per heavy atom. The molecule has 0 saturated carbocycles. The fraction of sp³-hybridized carbons (Fsp3) is 0.467. The van der Waals surface area contributed by atoms with Gasteiger partial charge in [-0.25, -0.2) is 9.50 Å². The molecule has 0 atom stereocenters. The van der Waals surface area contributed by atoms with Gasteiger partial charge in [0, 0.05) is 25.5 Å². The van der Waals surface area contributed by atoms with E-state index >= 15 is 0 Å². The van der Waals surface area contributed by atoms with E-state index in [0.717, 1.165) is 43.1 Å². The first-order chi connectivity index (χ1) is 9.74. The first kappa shape index (κ1) is 13.1. The van der Waals surface area contributed by atoms with Crippen molar-refractivity contribution in [3.8, 4) is 0 Å². The summed E-state index contributed by atoms with van der Waals surface area (Å²) in [6.07, 6.45) is 7.05. The minimum Gasteiger partial charge on any atom is -0.365 e. The summed E-state index contributed by atoms with van der Waals surface area (Å²) in [5.41, 5.74) is 3.59. The molecule has 1 aliphatic rings. The second-order valence-corrected chi connectivity index (χ2v) is 5.50. The lowest BCUT2D eigenvalue weighted by Gasteiger charge is -2.15. The van der Waals surface area contributed by atoms with Crippen molar-refractivity contribution < 1.29 is 0 Å². The van der Waals surface area contributed by atoms with Gasteiger partial charge >= 0.3 is 0 Å². The predicted octanol–water partition coefficient (Wildman–Crippen LogP) is 2.18. The lowest BCUT2D eigenvalue weighted by Crippen LogP contribution is -2.23. The van der Waals surface area contributed by atoms with Gasteiger partial charge in [-0.3, -0.25) is 0 Å². The zero-order valence-corrected chi connectivity index (χ0v) is 12.1. The van der Waals surface area contributed by atoms with Crippen LogP contribution in [-0.4, -0.2) is 34.2 Å². The van der Waals surface area contributed by atoms with Gasteiger partial charge in [-0.2, -0.15) is 5.10 Å². The molecule has 0 fully saturated rings. The van der Waals surface area contributed by atoms with Crippen LogP contribution < -0.4 is 10.6 Å². The Morgan fingerprint density at radius 3 is 3.10 bits per heavy atom. The lowest BCUT2D eigenvalue weighted by atomic mass is 10.1. The van der Waals surface area contributed by atoms with Gasteiger partial charge in [0.05, 0.1) is 5.69 Å². The van der Waals surface area contributed by atoms with Gasteiger partial charge in [0.1, 0.15) is 5.52 Å². The van der Waals surface area contributed by atoms with E-state index in [4.69, 9.17) is 0 Å². The molecule has 0 bridgehead atoms. The molecule has 5 nitrogen and oxygen atoms in total. The number of anilines is 1. The van der Waals surface area contributed by atoms with Gasteiger partial charge < -0.3 is 10.6 Å². The topological polar surface area (TPSA) is 54.2 Å². The molecule has 20 heavy (non-hydrogen) atoms. The second-order valence-electron chi connectivity index (χ2n) is 5.50. The maximum atomic E-state index is 4.58. The molecule has 1 aliphatic heterocycles. The summed E-state index contributed by atoms with van der Waals surface area (Å²) in [5, 5.41) is 11.3. The first-order valence-electron chi connectivity index (χ1n) is 7.21. The van der Waals surface area contributed by atoms with E-state index in [9.17, 15) is 0 Å². The van der Waals surface area contributed by atoms with E-state index in [1.165, 1.54) is 5.57 Å². The normalized spacial score (nSPS) is 15.7. The fourth-order valence-electron chi connectivity index (χ4n) is 2.39. The van der Waals surface area contributed by atoms with Crippen LogP contribution in [0.2, 0.25) is 0 Å². The molecule has 0 unspecified atom stereocenters. The van der Waals surface area contributed by atoms with Crippen molar-refractivity contribution in [2.24, 2.45) is 0 Å². The summed E-state index contributed by atoms with van der Waals surface area (Å²) in [6.45, 7) is 7.20. The first-order valence-corrected chi connectivity index (χ1v) is 7.21. The van der Waals surface area contributed by atoms with Crippen LogP contribution in [0.4, 0.5) is 5.82 Å². The molecule has 0 radical (unpaired) electrons. The number of nitrogens with one attached hydrogen (secondary N) is 2. The number of nitrogens with zero attached hydrogens (tertiary/aromatic N) is 3. The molecule has 0 aromatic carbocycles. The Hall–Kier alpha value is -1.88. The molecule has 0 saturated heterocycles. The van der Waals surface area contributed by atoms with Gasteiger partial charge in [0.25, 0.3) is 0 Å². The van der Waals surface area contributed by atoms with Crippen molar-refractivity contribution in [3.63, 3.8) is 0 Å². The third-order valence-corrected chi connectivity index (χ3v) is 3.64. The van der Waals surface area contributed by atoms with Gasteiger partial charge in [-0.05, 0) is 24.9 Å². The van der Waals surface area contributed by atoms with Crippen LogP contribution in [0, 0.1) is 0 Å². The lowest BCUT2D eigenvalue weighted by molar-refractivity contribution is 0.697. The summed E-state index contributed by atoms with van der Waals surface area (Å²) >= 11 is 0. The monoisotopic (exact) mass is 271 g/mol. The van der Waals surface area contributed by atoms with E-state index in [0.29, 0.717) is 5.92 Å². The largest absolute Gasteiger partial charge is 0.365 e. The molecule has 0 spiro atoms. The molecule has 3 rings (SSSR count). The van der Waals surface area contributed by atoms with Crippen molar-refractivity contribution in [2.75, 3.05) is 25.0 Å². The number of hydrogen-bond acceptors (Lipinski definition) is 4. The molecule has 5 heteroatoms. The van der Waals surface area contributed by atoms with Crippen LogP contribution in [0.5, 0.6) is 0 Å². The van der Waals surface area contributed by atoms with Crippen LogP contribution in [-0.2, 0) is 0 Å². The maximum absolute atomic E-state index is 4.58. The molecule has 0 amide bonds. The number of hydrogen-bond donors (Lipinski definition) is 2. The summed E-state index contributed by atoms with van der Waals surface area (Å²) in [7, 11) is 0. The maximum Gasteiger partial charge on any atom is 0.152 e. The highest BCUT2D eigenvalue weighted by molar-refractivity contribution is 5.68. The van der Waals surface area contributed by atoms with E-state index in [1.807, 2.05) is 10.7 Å². The van der Waals surface area contributed by atoms with E-state index in [2.05, 4.69) is 46.7 Å². The molecule has 2 aromatic rings. The van der Waals surface area contributed by atoms with Crippen LogP contribution >= 0.6 is 0 Å². The van der Waals surface area contributed by atoms with Crippen molar-refractivity contribution >= 4 is 11.3 Å². The Labute approximate surface area is 119 Å². The van der Waals surface area contributed by atoms with Crippen molar-refractivity contribution in [1.29, 1.82) is 0 Å². The average molecular weight is 271 g/mol. The molecule has 2 aromatic heterocycles. The summed E-state index contributed by atoms with van der Waals surface area (Å²) < 4.78 is 1.90. The van der Waals surface area contributed by atoms with E-state index in [1.54, 1.807) is 6.20 Å². The molecule has 3 heterocycles. The average Bonchev–Trinajstić information content (AvgIpc) is 2.91. The smallest absolute Gasteiger partial charge is 0.152 e. The summed E-state index contributed by atoms with van der Waals surface area (Å²) in [4.78, 5) is 4.45. The Bertz CT molecular complexity index is 626. The van der Waals surface area contributed by atoms with Gasteiger partial charge in [-0.15, -0.1) is 0 Å². The van der Waals surface area contributed by atoms with Crippen LogP contribution in [0.25, 0.3) is 5.52 Å². The summed E-state index contributed by atoms with van der Waals surface area (Å²) in [6, 6.07) is 2.12. The van der Waals surface area contributed by atoms with Crippen LogP contribution in [0.3, 0.4) is 0 Å². The zero-order valence-electron chi connectivity index (χ0n) is 12.1. The van der Waals surface area contributed by atoms with Crippen LogP contribution in [0.15, 0.2) is 30.1 Å². The number of aromatic nitrogens is 3. The fourth-order valence-corrected chi connectivity index (χ4v) is 2.39. The highest BCUT2D eigenvalue weighted by atomic mass is 15.2. The molecular formula is C15H21N5. The second kappa shape index (κ2) is 5.63. The van der Waals surface area contributed by atoms with Gasteiger partial charge in [-0.1, -0.05) is 25.5 Å². The van der Waals surface area contributed by atoms with Crippen molar-refractivity contribution in [1.82, 2.24) is 19.9 Å². The molecule has 0 aliphatic carbocycles. The highest BCUT2D eigenvalue weighted by Gasteiger charge is 2.10. The standard InChI is InChI=1S/C15H21N5/c1-11(2)13-9-14-15(17-7-8-20(14)19-13)18-10-12-3-5-16-6-4-12/h3,7-9,11,16H,4-6,10H2,1-2H3,(H,17,18). The van der Waals surface area contributed by atoms with Gasteiger partial charge in [0.15, 0.2) is 5.82 Å². The summed E-state index contributed by atoms with van der Waals surface area (Å²) in [5.74, 6) is 1.33. The number of fused-ring (bicyclic) bond motifs is 1. The van der Waals surface area contributed by atoms with Crippen molar-refractivity contribution in [3.05, 3.63) is 35.8 Å². The molecular weight excluding hydrogens is 250 g/mol. The highest BCUT2D eigenvalue weighted by Crippen LogP contribution is 2.20. The van der Waals surface area contributed by atoms with E-state index < -0.39 is 0 Å². The molecule has 106 valence electrons. The van der Waals surface area contributed by atoms with Crippen molar-refractivity contribution in [2.45, 2.75) is 26.2 Å². The third kappa shape index (κ3) is 2.67. The SMILES string of the molecule is CC(C)c1cc2c(NCC3=CCNCC3)nccn2n1. The zero-order chi connectivity index (χ0) is 13.9. The third-order valence-electron chi connectivity index (χ3n) is 3.64. The Morgan fingerprint density at radius 1 is 1.45 bits per heavy atom. The van der Waals surface area contributed by atoms with Gasteiger partial charge in [0.2, 0.25) is 0 Å². The molecule has 2 N–H and O–H groups in total. The Balaban J connectivity index is 1.81. The minimum absolute atomic E-state index is 0.426. The van der Waals surface area contributed by atoms with E-state index in [-0.39, 0.29) is 0 Å². The predicted molar refractivity (Wildman–Crippen MR) is 81.1 cm³/mol. The minimum atomic E-state index is 0.426.